The summed E-state index contributed by atoms with van der Waals surface area (Å²) in [5.41, 5.74) is 0. The average molecular weight is 1340 g/mol. The van der Waals surface area contributed by atoms with Crippen molar-refractivity contribution in [3.05, 3.63) is 0 Å². The summed E-state index contributed by atoms with van der Waals surface area (Å²) in [7, 11) is -9.90. The molecule has 3 N–H and O–H groups in total. The predicted molar refractivity (Wildman–Crippen MR) is 368 cm³/mol. The number of carbonyl (C=O) groups excluding carboxylic acids is 4. The fraction of sp³-hybridized carbons (Fsp3) is 0.944. The number of ether oxygens (including phenoxy) is 4. The number of aliphatic hydroxyl groups excluding tert-OH is 1. The van der Waals surface area contributed by atoms with E-state index in [-0.39, 0.29) is 25.7 Å². The molecule has 0 aliphatic heterocycles. The molecule has 0 aromatic heterocycles. The second kappa shape index (κ2) is 66.7. The number of hydrogen-bond donors (Lipinski definition) is 3. The summed E-state index contributed by atoms with van der Waals surface area (Å²) in [5.74, 6) is -2.11. The molecule has 0 rings (SSSR count). The normalized spacial score (nSPS) is 14.0. The van der Waals surface area contributed by atoms with Gasteiger partial charge in [0.05, 0.1) is 26.4 Å². The fourth-order valence-electron chi connectivity index (χ4n) is 11.0. The molecule has 0 aromatic carbocycles. The maximum atomic E-state index is 13.0. The third-order valence-corrected chi connectivity index (χ3v) is 18.8. The lowest BCUT2D eigenvalue weighted by atomic mass is 10.0. The molecule has 17 nitrogen and oxygen atoms in total. The number of hydrogen-bond acceptors (Lipinski definition) is 15. The van der Waals surface area contributed by atoms with Crippen LogP contribution in [0.15, 0.2) is 0 Å². The molecule has 0 spiro atoms. The van der Waals surface area contributed by atoms with Gasteiger partial charge in [0.2, 0.25) is 0 Å². The van der Waals surface area contributed by atoms with Crippen molar-refractivity contribution in [3.8, 4) is 0 Å². The summed E-state index contributed by atoms with van der Waals surface area (Å²) in [6, 6.07) is 0. The van der Waals surface area contributed by atoms with Crippen LogP contribution in [-0.4, -0.2) is 96.7 Å². The molecule has 91 heavy (non-hydrogen) atoms. The minimum absolute atomic E-state index is 0.108. The molecule has 0 heterocycles. The van der Waals surface area contributed by atoms with E-state index in [2.05, 4.69) is 27.7 Å². The Bertz CT molecular complexity index is 1740. The monoisotopic (exact) mass is 1340 g/mol. The number of aliphatic hydroxyl groups is 1. The number of carbonyl (C=O) groups is 4. The number of esters is 4. The molecule has 0 saturated heterocycles. The molecule has 2 unspecified atom stereocenters. The summed E-state index contributed by atoms with van der Waals surface area (Å²) in [6.07, 6.45) is 55.2. The summed E-state index contributed by atoms with van der Waals surface area (Å²) in [6.45, 7) is 4.97. The number of unbranched alkanes of at least 4 members (excludes halogenated alkanes) is 47. The maximum Gasteiger partial charge on any atom is 0.472 e. The van der Waals surface area contributed by atoms with E-state index in [0.717, 1.165) is 89.9 Å². The highest BCUT2D eigenvalue weighted by atomic mass is 31.2. The van der Waals surface area contributed by atoms with Crippen molar-refractivity contribution < 1.29 is 80.2 Å². The van der Waals surface area contributed by atoms with Gasteiger partial charge in [-0.2, -0.15) is 0 Å². The number of phosphoric ester groups is 2. The van der Waals surface area contributed by atoms with Gasteiger partial charge in [-0.1, -0.05) is 329 Å². The molecular weight excluding hydrogens is 1200 g/mol. The van der Waals surface area contributed by atoms with Crippen LogP contribution >= 0.6 is 15.6 Å². The first-order valence-corrected chi connectivity index (χ1v) is 40.8. The van der Waals surface area contributed by atoms with Gasteiger partial charge in [-0.05, 0) is 25.7 Å². The van der Waals surface area contributed by atoms with Gasteiger partial charge in [-0.3, -0.25) is 37.3 Å². The zero-order chi connectivity index (χ0) is 66.8. The Labute approximate surface area is 556 Å². The molecule has 540 valence electrons. The van der Waals surface area contributed by atoms with Crippen LogP contribution < -0.4 is 0 Å². The first-order chi connectivity index (χ1) is 44.2. The average Bonchev–Trinajstić information content (AvgIpc) is 3.71. The van der Waals surface area contributed by atoms with Crippen molar-refractivity contribution in [1.29, 1.82) is 0 Å². The van der Waals surface area contributed by atoms with Crippen molar-refractivity contribution >= 4 is 39.5 Å². The Hall–Kier alpha value is -1.94. The quantitative estimate of drug-likeness (QED) is 0.0222. The van der Waals surface area contributed by atoms with E-state index in [1.165, 1.54) is 212 Å². The standard InChI is InChI=1S/C72H140O17P2/c1-5-9-13-17-21-25-29-33-35-39-43-47-51-55-59-72(77)89-68(63-83-70(75)57-53-49-45-41-38-34-30-26-22-18-14-10-6-2)65-87-91(80,81)85-61-66(73)60-84-90(78,79)86-64-67(88-71(76)58-54-50-46-42-37-32-28-24-20-16-12-8-4)62-82-69(74)56-52-48-44-40-36-31-27-23-19-15-11-7-3/h66-68,73H,5-65H2,1-4H3,(H,78,79)(H,80,81)/t66-,67+,68+/m0/s1. The van der Waals surface area contributed by atoms with Crippen LogP contribution in [0.5, 0.6) is 0 Å². The first-order valence-electron chi connectivity index (χ1n) is 37.8. The Morgan fingerprint density at radius 3 is 0.648 bits per heavy atom. The molecule has 0 aliphatic rings. The van der Waals surface area contributed by atoms with Crippen molar-refractivity contribution in [2.24, 2.45) is 0 Å². The molecule has 5 atom stereocenters. The molecular formula is C72H140O17P2. The second-order valence-electron chi connectivity index (χ2n) is 26.0. The van der Waals surface area contributed by atoms with Crippen molar-refractivity contribution in [1.82, 2.24) is 0 Å². The Morgan fingerprint density at radius 1 is 0.264 bits per heavy atom. The van der Waals surface area contributed by atoms with E-state index >= 15 is 0 Å². The van der Waals surface area contributed by atoms with Crippen LogP contribution in [0, 0.1) is 0 Å². The third-order valence-electron chi connectivity index (χ3n) is 16.9. The maximum absolute atomic E-state index is 13.0. The van der Waals surface area contributed by atoms with Gasteiger partial charge in [0.15, 0.2) is 12.2 Å². The van der Waals surface area contributed by atoms with E-state index in [4.69, 9.17) is 37.0 Å². The lowest BCUT2D eigenvalue weighted by molar-refractivity contribution is -0.161. The Balaban J connectivity index is 5.25. The van der Waals surface area contributed by atoms with E-state index in [1.807, 2.05) is 0 Å². The Morgan fingerprint density at radius 2 is 0.440 bits per heavy atom. The molecule has 0 radical (unpaired) electrons. The minimum atomic E-state index is -4.95. The van der Waals surface area contributed by atoms with Gasteiger partial charge in [-0.15, -0.1) is 0 Å². The molecule has 0 bridgehead atoms. The van der Waals surface area contributed by atoms with Crippen molar-refractivity contribution in [3.63, 3.8) is 0 Å². The number of phosphoric acid groups is 2. The van der Waals surface area contributed by atoms with E-state index < -0.39 is 97.5 Å². The largest absolute Gasteiger partial charge is 0.472 e. The van der Waals surface area contributed by atoms with Gasteiger partial charge in [0.1, 0.15) is 19.3 Å². The van der Waals surface area contributed by atoms with Gasteiger partial charge in [0, 0.05) is 25.7 Å². The van der Waals surface area contributed by atoms with Gasteiger partial charge >= 0.3 is 39.5 Å². The summed E-state index contributed by atoms with van der Waals surface area (Å²) >= 11 is 0. The van der Waals surface area contributed by atoms with Crippen LogP contribution in [0.1, 0.15) is 381 Å². The van der Waals surface area contributed by atoms with E-state index in [9.17, 15) is 43.2 Å². The summed E-state index contributed by atoms with van der Waals surface area (Å²) < 4.78 is 68.4. The van der Waals surface area contributed by atoms with Crippen LogP contribution in [0.2, 0.25) is 0 Å². The topological polar surface area (TPSA) is 237 Å². The highest BCUT2D eigenvalue weighted by Gasteiger charge is 2.30. The number of rotatable bonds is 73. The third kappa shape index (κ3) is 66.5. The first kappa shape index (κ1) is 89.1. The molecule has 0 amide bonds. The SMILES string of the molecule is CCCCCCCCCCCCCCCCC(=O)O[C@H](COC(=O)CCCCCCCCCCCCCCC)COP(=O)(O)OC[C@@H](O)COP(=O)(O)OC[C@@H](COC(=O)CCCCCCCCCCCCCC)OC(=O)CCCCCCCCCCCCCC. The predicted octanol–water partition coefficient (Wildman–Crippen LogP) is 21.1. The highest BCUT2D eigenvalue weighted by Crippen LogP contribution is 2.45. The summed E-state index contributed by atoms with van der Waals surface area (Å²) in [4.78, 5) is 72.7. The lowest BCUT2D eigenvalue weighted by Crippen LogP contribution is -2.30. The van der Waals surface area contributed by atoms with Crippen LogP contribution in [0.3, 0.4) is 0 Å². The van der Waals surface area contributed by atoms with Crippen LogP contribution in [-0.2, 0) is 65.4 Å². The second-order valence-corrected chi connectivity index (χ2v) is 28.9. The summed E-state index contributed by atoms with van der Waals surface area (Å²) in [5, 5.41) is 10.6. The highest BCUT2D eigenvalue weighted by molar-refractivity contribution is 7.47. The zero-order valence-electron chi connectivity index (χ0n) is 58.8. The molecule has 0 aromatic rings. The fourth-order valence-corrected chi connectivity index (χ4v) is 12.6. The zero-order valence-corrected chi connectivity index (χ0v) is 60.6. The molecule has 19 heteroatoms. The van der Waals surface area contributed by atoms with Crippen LogP contribution in [0.25, 0.3) is 0 Å². The van der Waals surface area contributed by atoms with Crippen molar-refractivity contribution in [2.45, 2.75) is 399 Å². The van der Waals surface area contributed by atoms with E-state index in [1.54, 1.807) is 0 Å². The minimum Gasteiger partial charge on any atom is -0.462 e. The van der Waals surface area contributed by atoms with Crippen LogP contribution in [0.4, 0.5) is 0 Å². The Kier molecular flexibility index (Phi) is 65.2. The van der Waals surface area contributed by atoms with E-state index in [0.29, 0.717) is 25.7 Å². The lowest BCUT2D eigenvalue weighted by Gasteiger charge is -2.21. The molecule has 0 fully saturated rings. The molecule has 0 aliphatic carbocycles. The van der Waals surface area contributed by atoms with Gasteiger partial charge in [-0.25, -0.2) is 9.13 Å². The smallest absolute Gasteiger partial charge is 0.462 e. The van der Waals surface area contributed by atoms with Gasteiger partial charge < -0.3 is 33.8 Å². The molecule has 0 saturated carbocycles. The van der Waals surface area contributed by atoms with Gasteiger partial charge in [0.25, 0.3) is 0 Å². The van der Waals surface area contributed by atoms with Crippen molar-refractivity contribution in [2.75, 3.05) is 39.6 Å².